The van der Waals surface area contributed by atoms with Gasteiger partial charge in [-0.2, -0.15) is 0 Å². The molecular formula is C20H27N3O3. The van der Waals surface area contributed by atoms with Crippen LogP contribution >= 0.6 is 0 Å². The number of nitrogens with two attached hydrogens (primary N) is 1. The minimum Gasteiger partial charge on any atom is -0.494 e. The molecule has 140 valence electrons. The molecule has 0 saturated heterocycles. The van der Waals surface area contributed by atoms with Crippen molar-refractivity contribution in [3.8, 4) is 5.75 Å². The Morgan fingerprint density at radius 1 is 1.15 bits per heavy atom. The highest BCUT2D eigenvalue weighted by atomic mass is 16.5. The number of hydrogen-bond donors (Lipinski definition) is 2. The van der Waals surface area contributed by atoms with E-state index in [2.05, 4.69) is 17.2 Å². The summed E-state index contributed by atoms with van der Waals surface area (Å²) in [6.45, 7) is 4.08. The Labute approximate surface area is 153 Å². The fourth-order valence-corrected chi connectivity index (χ4v) is 2.54. The molecule has 0 amide bonds. The van der Waals surface area contributed by atoms with Gasteiger partial charge in [-0.1, -0.05) is 38.3 Å². The molecule has 26 heavy (non-hydrogen) atoms. The number of ether oxygens (including phenoxy) is 1. The Bertz CT molecular complexity index is 792. The molecule has 0 aromatic heterocycles. The number of nitrogens with one attached hydrogen (secondary N) is 1. The normalized spacial score (nSPS) is 11.3. The number of anilines is 2. The quantitative estimate of drug-likeness (QED) is 0.346. The molecule has 0 saturated carbocycles. The van der Waals surface area contributed by atoms with Crippen molar-refractivity contribution in [1.82, 2.24) is 0 Å². The molecule has 2 rings (SSSR count). The molecule has 0 aliphatic carbocycles. The largest absolute Gasteiger partial charge is 0.494 e. The molecule has 0 radical (unpaired) electrons. The van der Waals surface area contributed by atoms with E-state index < -0.39 is 10.9 Å². The van der Waals surface area contributed by atoms with Gasteiger partial charge >= 0.3 is 0 Å². The fraction of sp³-hybridized carbons (Fsp3) is 0.450. The van der Waals surface area contributed by atoms with Crippen molar-refractivity contribution < 1.29 is 4.74 Å². The first-order valence-electron chi connectivity index (χ1n) is 9.18. The van der Waals surface area contributed by atoms with Crippen LogP contribution in [0.5, 0.6) is 5.75 Å². The third-order valence-electron chi connectivity index (χ3n) is 4.08. The van der Waals surface area contributed by atoms with E-state index >= 15 is 0 Å². The molecule has 2 aromatic carbocycles. The lowest BCUT2D eigenvalue weighted by molar-refractivity contribution is 0.315. The lowest BCUT2D eigenvalue weighted by Crippen LogP contribution is -2.37. The zero-order valence-corrected chi connectivity index (χ0v) is 15.3. The topological polar surface area (TPSA) is 93.8 Å². The van der Waals surface area contributed by atoms with Gasteiger partial charge < -0.3 is 15.8 Å². The first-order valence-corrected chi connectivity index (χ1v) is 9.18. The Morgan fingerprint density at radius 3 is 2.77 bits per heavy atom. The maximum atomic E-state index is 11.3. The van der Waals surface area contributed by atoms with Gasteiger partial charge in [0.2, 0.25) is 0 Å². The van der Waals surface area contributed by atoms with Gasteiger partial charge in [0.05, 0.1) is 6.61 Å². The van der Waals surface area contributed by atoms with Gasteiger partial charge in [-0.25, -0.2) is 0 Å². The Balaban J connectivity index is 1.67. The predicted molar refractivity (Wildman–Crippen MR) is 107 cm³/mol. The van der Waals surface area contributed by atoms with Gasteiger partial charge in [0, 0.05) is 19.3 Å². The molecule has 6 heteroatoms. The third kappa shape index (κ3) is 5.72. The zero-order chi connectivity index (χ0) is 18.8. The van der Waals surface area contributed by atoms with Gasteiger partial charge in [0.15, 0.2) is 0 Å². The highest BCUT2D eigenvalue weighted by molar-refractivity contribution is 5.80. The molecule has 0 atom stereocenters. The van der Waals surface area contributed by atoms with Crippen LogP contribution in [0.3, 0.4) is 0 Å². The lowest BCUT2D eigenvalue weighted by Gasteiger charge is -2.10. The fourth-order valence-electron chi connectivity index (χ4n) is 2.54. The number of aliphatic imine (C=N–C) groups is 1. The summed E-state index contributed by atoms with van der Waals surface area (Å²) < 4.78 is 5.71. The minimum absolute atomic E-state index is 0.0256. The second-order valence-corrected chi connectivity index (χ2v) is 6.24. The summed E-state index contributed by atoms with van der Waals surface area (Å²) in [5, 5.41) is 2.88. The molecule has 0 aliphatic rings. The first kappa shape index (κ1) is 19.7. The van der Waals surface area contributed by atoms with Crippen LogP contribution in [-0.4, -0.2) is 25.9 Å². The molecule has 0 fully saturated rings. The van der Waals surface area contributed by atoms with Crippen molar-refractivity contribution >= 4 is 17.6 Å². The summed E-state index contributed by atoms with van der Waals surface area (Å²) in [4.78, 5) is 26.7. The van der Waals surface area contributed by atoms with Gasteiger partial charge in [-0.15, -0.1) is 0 Å². The van der Waals surface area contributed by atoms with Crippen molar-refractivity contribution in [3.63, 3.8) is 0 Å². The van der Waals surface area contributed by atoms with E-state index in [-0.39, 0.29) is 11.4 Å². The monoisotopic (exact) mass is 357 g/mol. The number of nitrogens with zero attached hydrogens (tertiary/aromatic N) is 1. The molecule has 0 bridgehead atoms. The smallest absolute Gasteiger partial charge is 0.253 e. The molecular weight excluding hydrogens is 330 g/mol. The number of nitrogen functional groups attached to an aromatic ring is 1. The van der Waals surface area contributed by atoms with Crippen LogP contribution in [0.4, 0.5) is 11.4 Å². The Hall–Kier alpha value is -2.63. The van der Waals surface area contributed by atoms with Crippen LogP contribution in [0.15, 0.2) is 38.8 Å². The summed E-state index contributed by atoms with van der Waals surface area (Å²) in [5.74, 6) is 0.786. The number of rotatable bonds is 12. The van der Waals surface area contributed by atoms with E-state index in [1.165, 1.54) is 19.3 Å². The molecule has 0 unspecified atom stereocenters. The molecule has 6 nitrogen and oxygen atoms in total. The van der Waals surface area contributed by atoms with Crippen LogP contribution in [0.25, 0.3) is 0 Å². The SMILES string of the molecule is CCCCCCN=Cc1cccc(OCCCNc2c(N)c(=O)c2=O)c1. The zero-order valence-electron chi connectivity index (χ0n) is 15.3. The Kier molecular flexibility index (Phi) is 7.86. The first-order chi connectivity index (χ1) is 12.6. The summed E-state index contributed by atoms with van der Waals surface area (Å²) in [6.07, 6.45) is 7.43. The highest BCUT2D eigenvalue weighted by Crippen LogP contribution is 2.13. The molecule has 0 spiro atoms. The van der Waals surface area contributed by atoms with Crippen LogP contribution in [-0.2, 0) is 0 Å². The van der Waals surface area contributed by atoms with Gasteiger partial charge in [-0.3, -0.25) is 14.6 Å². The molecule has 0 heterocycles. The average molecular weight is 357 g/mol. The summed E-state index contributed by atoms with van der Waals surface area (Å²) >= 11 is 0. The van der Waals surface area contributed by atoms with E-state index in [1.54, 1.807) is 0 Å². The standard InChI is InChI=1S/C20H27N3O3/c1-2-3-4-5-10-22-14-15-8-6-9-16(13-15)26-12-7-11-23-18-17(21)19(24)20(18)25/h6,8-9,13-14,23H,2-5,7,10-12,21H2,1H3. The maximum absolute atomic E-state index is 11.3. The number of benzene rings is 1. The molecule has 2 aromatic rings. The van der Waals surface area contributed by atoms with Crippen LogP contribution in [0, 0.1) is 0 Å². The van der Waals surface area contributed by atoms with Crippen molar-refractivity contribution in [1.29, 1.82) is 0 Å². The molecule has 0 aliphatic heterocycles. The molecule has 3 N–H and O–H groups in total. The van der Waals surface area contributed by atoms with E-state index in [4.69, 9.17) is 10.5 Å². The van der Waals surface area contributed by atoms with Gasteiger partial charge in [0.25, 0.3) is 10.9 Å². The Morgan fingerprint density at radius 2 is 2.00 bits per heavy atom. The number of unbranched alkanes of at least 4 members (excludes halogenated alkanes) is 3. The van der Waals surface area contributed by atoms with Crippen molar-refractivity contribution in [2.45, 2.75) is 39.0 Å². The van der Waals surface area contributed by atoms with E-state index in [0.717, 1.165) is 24.3 Å². The van der Waals surface area contributed by atoms with Crippen molar-refractivity contribution in [3.05, 3.63) is 50.3 Å². The van der Waals surface area contributed by atoms with Crippen LogP contribution in [0.1, 0.15) is 44.6 Å². The second kappa shape index (κ2) is 10.4. The minimum atomic E-state index is -0.604. The van der Waals surface area contributed by atoms with E-state index in [0.29, 0.717) is 19.6 Å². The van der Waals surface area contributed by atoms with Crippen LogP contribution in [0.2, 0.25) is 0 Å². The van der Waals surface area contributed by atoms with E-state index in [1.807, 2.05) is 30.5 Å². The average Bonchev–Trinajstić information content (AvgIpc) is 2.67. The third-order valence-corrected chi connectivity index (χ3v) is 4.08. The van der Waals surface area contributed by atoms with E-state index in [9.17, 15) is 9.59 Å². The van der Waals surface area contributed by atoms with Crippen molar-refractivity contribution in [2.75, 3.05) is 30.7 Å². The van der Waals surface area contributed by atoms with Gasteiger partial charge in [-0.05, 0) is 30.5 Å². The van der Waals surface area contributed by atoms with Gasteiger partial charge in [0.1, 0.15) is 17.1 Å². The maximum Gasteiger partial charge on any atom is 0.253 e. The predicted octanol–water partition coefficient (Wildman–Crippen LogP) is 2.75. The second-order valence-electron chi connectivity index (χ2n) is 6.24. The highest BCUT2D eigenvalue weighted by Gasteiger charge is 2.16. The summed E-state index contributed by atoms with van der Waals surface area (Å²) in [6, 6.07) is 7.80. The summed E-state index contributed by atoms with van der Waals surface area (Å²) in [5.41, 5.74) is 5.59. The van der Waals surface area contributed by atoms with Crippen LogP contribution < -0.4 is 26.6 Å². The number of hydrogen-bond acceptors (Lipinski definition) is 6. The van der Waals surface area contributed by atoms with Crippen molar-refractivity contribution in [2.24, 2.45) is 4.99 Å². The lowest BCUT2D eigenvalue weighted by atomic mass is 10.2. The summed E-state index contributed by atoms with van der Waals surface area (Å²) in [7, 11) is 0.